The molecular formula is C23H26N6O2S. The van der Waals surface area contributed by atoms with Crippen LogP contribution in [0.4, 0.5) is 0 Å². The van der Waals surface area contributed by atoms with Crippen LogP contribution in [0.2, 0.25) is 0 Å². The molecule has 1 saturated carbocycles. The van der Waals surface area contributed by atoms with E-state index in [1.54, 1.807) is 36.7 Å². The van der Waals surface area contributed by atoms with E-state index in [0.717, 1.165) is 30.7 Å². The van der Waals surface area contributed by atoms with Gasteiger partial charge in [-0.15, -0.1) is 10.2 Å². The Kier molecular flexibility index (Phi) is 7.16. The third-order valence-corrected chi connectivity index (χ3v) is 6.61. The highest BCUT2D eigenvalue weighted by atomic mass is 32.2. The Labute approximate surface area is 191 Å². The molecule has 2 atom stereocenters. The Morgan fingerprint density at radius 1 is 1.06 bits per heavy atom. The van der Waals surface area contributed by atoms with E-state index in [4.69, 9.17) is 0 Å². The van der Waals surface area contributed by atoms with Gasteiger partial charge in [0.05, 0.1) is 5.75 Å². The van der Waals surface area contributed by atoms with Crippen molar-refractivity contribution < 1.29 is 9.59 Å². The van der Waals surface area contributed by atoms with Crippen molar-refractivity contribution in [1.29, 1.82) is 0 Å². The summed E-state index contributed by atoms with van der Waals surface area (Å²) in [5, 5.41) is 9.54. The van der Waals surface area contributed by atoms with Gasteiger partial charge in [-0.1, -0.05) is 49.7 Å². The highest BCUT2D eigenvalue weighted by Gasteiger charge is 2.29. The second-order valence-corrected chi connectivity index (χ2v) is 8.85. The number of benzene rings is 1. The van der Waals surface area contributed by atoms with E-state index < -0.39 is 0 Å². The van der Waals surface area contributed by atoms with Crippen molar-refractivity contribution >= 4 is 23.6 Å². The summed E-state index contributed by atoms with van der Waals surface area (Å²) in [6, 6.07) is 12.9. The van der Waals surface area contributed by atoms with Gasteiger partial charge in [0.2, 0.25) is 5.91 Å². The zero-order chi connectivity index (χ0) is 22.3. The van der Waals surface area contributed by atoms with E-state index in [-0.39, 0.29) is 23.6 Å². The van der Waals surface area contributed by atoms with Crippen LogP contribution in [0.5, 0.6) is 0 Å². The van der Waals surface area contributed by atoms with Crippen molar-refractivity contribution in [2.24, 2.45) is 5.92 Å². The van der Waals surface area contributed by atoms with Gasteiger partial charge in [0.25, 0.3) is 5.91 Å². The van der Waals surface area contributed by atoms with Gasteiger partial charge < -0.3 is 0 Å². The minimum atomic E-state index is -0.359. The molecule has 0 spiro atoms. The molecule has 8 nitrogen and oxygen atoms in total. The van der Waals surface area contributed by atoms with Crippen LogP contribution in [0, 0.1) is 5.92 Å². The van der Waals surface area contributed by atoms with Gasteiger partial charge in [0, 0.05) is 29.6 Å². The van der Waals surface area contributed by atoms with Gasteiger partial charge in [-0.05, 0) is 43.0 Å². The number of hydrazine groups is 1. The monoisotopic (exact) mass is 450 g/mol. The lowest BCUT2D eigenvalue weighted by atomic mass is 9.85. The quantitative estimate of drug-likeness (QED) is 0.439. The minimum Gasteiger partial charge on any atom is -0.299 e. The number of pyridine rings is 1. The van der Waals surface area contributed by atoms with E-state index in [2.05, 4.69) is 37.5 Å². The molecule has 2 aromatic heterocycles. The molecule has 0 saturated heterocycles. The number of hydrogen-bond donors (Lipinski definition) is 2. The van der Waals surface area contributed by atoms with Crippen LogP contribution in [0.3, 0.4) is 0 Å². The Balaban J connectivity index is 1.45. The number of carbonyl (C=O) groups excluding carboxylic acids is 2. The van der Waals surface area contributed by atoms with Crippen LogP contribution in [-0.2, 0) is 4.79 Å². The molecule has 2 amide bonds. The van der Waals surface area contributed by atoms with E-state index >= 15 is 0 Å². The summed E-state index contributed by atoms with van der Waals surface area (Å²) < 4.78 is 2.17. The van der Waals surface area contributed by atoms with Gasteiger partial charge >= 0.3 is 0 Å². The Morgan fingerprint density at radius 3 is 2.62 bits per heavy atom. The first-order chi connectivity index (χ1) is 15.6. The summed E-state index contributed by atoms with van der Waals surface area (Å²) in [7, 11) is 0. The van der Waals surface area contributed by atoms with Gasteiger partial charge in [-0.3, -0.25) is 30.0 Å². The third-order valence-electron chi connectivity index (χ3n) is 5.67. The molecule has 0 bridgehead atoms. The third kappa shape index (κ3) is 5.16. The van der Waals surface area contributed by atoms with Crippen molar-refractivity contribution in [1.82, 2.24) is 30.6 Å². The summed E-state index contributed by atoms with van der Waals surface area (Å²) in [4.78, 5) is 28.7. The SMILES string of the molecule is CC1CCCCC1n1c(SCC(=O)NNC(=O)c2ccccc2)nnc1-c1cccnc1. The number of rotatable bonds is 6. The number of carbonyl (C=O) groups is 2. The lowest BCUT2D eigenvalue weighted by molar-refractivity contribution is -0.119. The molecular weight excluding hydrogens is 424 g/mol. The van der Waals surface area contributed by atoms with Crippen LogP contribution in [0.15, 0.2) is 60.0 Å². The Bertz CT molecular complexity index is 1060. The number of hydrogen-bond acceptors (Lipinski definition) is 6. The summed E-state index contributed by atoms with van der Waals surface area (Å²) >= 11 is 1.32. The smallest absolute Gasteiger partial charge is 0.269 e. The first-order valence-corrected chi connectivity index (χ1v) is 11.7. The summed E-state index contributed by atoms with van der Waals surface area (Å²) in [5.74, 6) is 0.711. The molecule has 0 radical (unpaired) electrons. The zero-order valence-corrected chi connectivity index (χ0v) is 18.7. The lowest BCUT2D eigenvalue weighted by Gasteiger charge is -2.31. The van der Waals surface area contributed by atoms with Gasteiger partial charge in [-0.25, -0.2) is 0 Å². The number of aromatic nitrogens is 4. The molecule has 9 heteroatoms. The van der Waals surface area contributed by atoms with Crippen LogP contribution in [-0.4, -0.2) is 37.3 Å². The maximum atomic E-state index is 12.4. The predicted molar refractivity (Wildman–Crippen MR) is 123 cm³/mol. The van der Waals surface area contributed by atoms with Crippen molar-refractivity contribution in [2.45, 2.75) is 43.8 Å². The number of nitrogens with one attached hydrogen (secondary N) is 2. The van der Waals surface area contributed by atoms with Crippen molar-refractivity contribution in [3.8, 4) is 11.4 Å². The molecule has 4 rings (SSSR count). The highest BCUT2D eigenvalue weighted by molar-refractivity contribution is 7.99. The van der Waals surface area contributed by atoms with Crippen molar-refractivity contribution in [3.05, 3.63) is 60.4 Å². The van der Waals surface area contributed by atoms with E-state index in [1.165, 1.54) is 18.2 Å². The zero-order valence-electron chi connectivity index (χ0n) is 17.9. The van der Waals surface area contributed by atoms with Gasteiger partial charge in [-0.2, -0.15) is 0 Å². The second-order valence-electron chi connectivity index (χ2n) is 7.90. The molecule has 1 aliphatic rings. The molecule has 2 unspecified atom stereocenters. The van der Waals surface area contributed by atoms with E-state index in [9.17, 15) is 9.59 Å². The van der Waals surface area contributed by atoms with Crippen LogP contribution in [0.1, 0.15) is 49.0 Å². The summed E-state index contributed by atoms with van der Waals surface area (Å²) in [5.41, 5.74) is 6.30. The van der Waals surface area contributed by atoms with E-state index in [1.807, 2.05) is 18.2 Å². The highest BCUT2D eigenvalue weighted by Crippen LogP contribution is 2.38. The number of amides is 2. The van der Waals surface area contributed by atoms with E-state index in [0.29, 0.717) is 16.6 Å². The maximum Gasteiger partial charge on any atom is 0.269 e. The Morgan fingerprint density at radius 2 is 1.88 bits per heavy atom. The predicted octanol–water partition coefficient (Wildman–Crippen LogP) is 3.64. The topological polar surface area (TPSA) is 102 Å². The number of thioether (sulfide) groups is 1. The van der Waals surface area contributed by atoms with Gasteiger partial charge in [0.15, 0.2) is 11.0 Å². The largest absolute Gasteiger partial charge is 0.299 e. The Hall–Kier alpha value is -3.20. The summed E-state index contributed by atoms with van der Waals surface area (Å²) in [6.07, 6.45) is 8.13. The van der Waals surface area contributed by atoms with Crippen LogP contribution < -0.4 is 10.9 Å². The fourth-order valence-electron chi connectivity index (χ4n) is 4.00. The molecule has 1 fully saturated rings. The first-order valence-electron chi connectivity index (χ1n) is 10.8. The summed E-state index contributed by atoms with van der Waals surface area (Å²) in [6.45, 7) is 2.26. The average Bonchev–Trinajstić information content (AvgIpc) is 3.26. The molecule has 0 aliphatic heterocycles. The molecule has 2 heterocycles. The molecule has 1 aliphatic carbocycles. The lowest BCUT2D eigenvalue weighted by Crippen LogP contribution is -2.42. The molecule has 3 aromatic rings. The van der Waals surface area contributed by atoms with Crippen molar-refractivity contribution in [2.75, 3.05) is 5.75 Å². The van der Waals surface area contributed by atoms with Crippen LogP contribution in [0.25, 0.3) is 11.4 Å². The second kappa shape index (κ2) is 10.4. The molecule has 1 aromatic carbocycles. The van der Waals surface area contributed by atoms with Gasteiger partial charge in [0.1, 0.15) is 0 Å². The number of nitrogens with zero attached hydrogens (tertiary/aromatic N) is 4. The van der Waals surface area contributed by atoms with Crippen LogP contribution >= 0.6 is 11.8 Å². The fraction of sp³-hybridized carbons (Fsp3) is 0.348. The average molecular weight is 451 g/mol. The first kappa shape index (κ1) is 22.0. The molecule has 32 heavy (non-hydrogen) atoms. The minimum absolute atomic E-state index is 0.112. The fourth-order valence-corrected chi connectivity index (χ4v) is 4.79. The van der Waals surface area contributed by atoms with Crippen molar-refractivity contribution in [3.63, 3.8) is 0 Å². The standard InChI is InChI=1S/C23H26N6O2S/c1-16-8-5-6-12-19(16)29-21(18-11-7-13-24-14-18)26-28-23(29)32-15-20(30)25-27-22(31)17-9-3-2-4-10-17/h2-4,7,9-11,13-14,16,19H,5-6,8,12,15H2,1H3,(H,25,30)(H,27,31). The molecule has 2 N–H and O–H groups in total. The molecule has 166 valence electrons. The normalized spacial score (nSPS) is 18.2. The maximum absolute atomic E-state index is 12.4.